The number of hydrogen-bond donors (Lipinski definition) is 2. The molecule has 3 nitrogen and oxygen atoms in total. The van der Waals surface area contributed by atoms with Crippen LogP contribution >= 0.6 is 0 Å². The summed E-state index contributed by atoms with van der Waals surface area (Å²) in [6.45, 7) is 1.33. The lowest BCUT2D eigenvalue weighted by molar-refractivity contribution is -0.137. The minimum atomic E-state index is -4.52. The van der Waals surface area contributed by atoms with Crippen LogP contribution in [0.4, 0.5) is 17.6 Å². The van der Waals surface area contributed by atoms with Gasteiger partial charge in [0.05, 0.1) is 11.7 Å². The first-order chi connectivity index (χ1) is 11.2. The highest BCUT2D eigenvalue weighted by Crippen LogP contribution is 2.30. The third kappa shape index (κ3) is 4.32. The Morgan fingerprint density at radius 1 is 1.21 bits per heavy atom. The summed E-state index contributed by atoms with van der Waals surface area (Å²) in [5.74, 6) is -1.19. The molecule has 0 heterocycles. The largest absolute Gasteiger partial charge is 0.416 e. The smallest absolute Gasteiger partial charge is 0.387 e. The summed E-state index contributed by atoms with van der Waals surface area (Å²) in [4.78, 5) is 12.0. The first kappa shape index (κ1) is 17.9. The Morgan fingerprint density at radius 3 is 2.58 bits per heavy atom. The Kier molecular flexibility index (Phi) is 5.23. The Bertz CT molecular complexity index is 744. The van der Waals surface area contributed by atoms with Crippen molar-refractivity contribution in [3.63, 3.8) is 0 Å². The van der Waals surface area contributed by atoms with Gasteiger partial charge in [0.15, 0.2) is 0 Å². The SMILES string of the molecule is Cc1ccc(F)cc1C(=O)NCC(O)c1cccc(C(F)(F)F)c1. The predicted molar refractivity (Wildman–Crippen MR) is 79.9 cm³/mol. The molecule has 0 aliphatic rings. The maximum absolute atomic E-state index is 13.2. The van der Waals surface area contributed by atoms with E-state index in [0.29, 0.717) is 5.56 Å². The summed E-state index contributed by atoms with van der Waals surface area (Å²) in [6, 6.07) is 7.94. The van der Waals surface area contributed by atoms with E-state index in [1.165, 1.54) is 24.3 Å². The summed E-state index contributed by atoms with van der Waals surface area (Å²) in [7, 11) is 0. The van der Waals surface area contributed by atoms with Crippen molar-refractivity contribution < 1.29 is 27.5 Å². The molecule has 0 aromatic heterocycles. The number of carbonyl (C=O) groups excluding carboxylic acids is 1. The van der Waals surface area contributed by atoms with E-state index >= 15 is 0 Å². The molecule has 128 valence electrons. The van der Waals surface area contributed by atoms with Gasteiger partial charge in [-0.15, -0.1) is 0 Å². The van der Waals surface area contributed by atoms with E-state index in [2.05, 4.69) is 5.32 Å². The molecule has 1 unspecified atom stereocenters. The average Bonchev–Trinajstić information content (AvgIpc) is 2.54. The van der Waals surface area contributed by atoms with Gasteiger partial charge < -0.3 is 10.4 Å². The highest BCUT2D eigenvalue weighted by Gasteiger charge is 2.30. The van der Waals surface area contributed by atoms with Gasteiger partial charge in [-0.1, -0.05) is 18.2 Å². The van der Waals surface area contributed by atoms with Gasteiger partial charge in [-0.3, -0.25) is 4.79 Å². The Labute approximate surface area is 135 Å². The maximum Gasteiger partial charge on any atom is 0.416 e. The maximum atomic E-state index is 13.2. The van der Waals surface area contributed by atoms with E-state index in [0.717, 1.165) is 18.2 Å². The van der Waals surface area contributed by atoms with Crippen LogP contribution in [0, 0.1) is 12.7 Å². The Morgan fingerprint density at radius 2 is 1.92 bits per heavy atom. The standard InChI is InChI=1S/C17H15F4NO2/c1-10-5-6-13(18)8-14(10)16(24)22-9-15(23)11-3-2-4-12(7-11)17(19,20)21/h2-8,15,23H,9H2,1H3,(H,22,24). The molecule has 2 rings (SSSR count). The van der Waals surface area contributed by atoms with Crippen LogP contribution in [0.5, 0.6) is 0 Å². The Hall–Kier alpha value is -2.41. The lowest BCUT2D eigenvalue weighted by Gasteiger charge is -2.15. The average molecular weight is 341 g/mol. The van der Waals surface area contributed by atoms with Crippen LogP contribution in [0.25, 0.3) is 0 Å². The molecule has 1 atom stereocenters. The van der Waals surface area contributed by atoms with Gasteiger partial charge in [0.25, 0.3) is 5.91 Å². The summed E-state index contributed by atoms with van der Waals surface area (Å²) in [6.07, 6.45) is -5.83. The van der Waals surface area contributed by atoms with E-state index in [1.54, 1.807) is 6.92 Å². The predicted octanol–water partition coefficient (Wildman–Crippen LogP) is 3.62. The number of benzene rings is 2. The van der Waals surface area contributed by atoms with Crippen LogP contribution in [0.3, 0.4) is 0 Å². The first-order valence-corrected chi connectivity index (χ1v) is 7.08. The van der Waals surface area contributed by atoms with Crippen molar-refractivity contribution in [2.45, 2.75) is 19.2 Å². The number of aliphatic hydroxyl groups is 1. The zero-order valence-corrected chi connectivity index (χ0v) is 12.7. The minimum Gasteiger partial charge on any atom is -0.387 e. The van der Waals surface area contributed by atoms with Crippen LogP contribution in [-0.4, -0.2) is 17.6 Å². The van der Waals surface area contributed by atoms with Crippen molar-refractivity contribution in [2.75, 3.05) is 6.54 Å². The lowest BCUT2D eigenvalue weighted by atomic mass is 10.0. The van der Waals surface area contributed by atoms with Crippen molar-refractivity contribution in [3.05, 3.63) is 70.5 Å². The number of nitrogens with one attached hydrogen (secondary N) is 1. The number of aryl methyl sites for hydroxylation is 1. The van der Waals surface area contributed by atoms with Crippen molar-refractivity contribution in [1.82, 2.24) is 5.32 Å². The van der Waals surface area contributed by atoms with E-state index in [9.17, 15) is 27.5 Å². The van der Waals surface area contributed by atoms with Crippen molar-refractivity contribution in [3.8, 4) is 0 Å². The monoisotopic (exact) mass is 341 g/mol. The van der Waals surface area contributed by atoms with Gasteiger partial charge in [-0.25, -0.2) is 4.39 Å². The van der Waals surface area contributed by atoms with E-state index in [-0.39, 0.29) is 17.7 Å². The number of carbonyl (C=O) groups is 1. The van der Waals surface area contributed by atoms with Crippen LogP contribution in [0.15, 0.2) is 42.5 Å². The second-order valence-corrected chi connectivity index (χ2v) is 5.31. The molecule has 0 fully saturated rings. The molecule has 0 bridgehead atoms. The van der Waals surface area contributed by atoms with E-state index in [4.69, 9.17) is 0 Å². The molecule has 0 saturated carbocycles. The highest BCUT2D eigenvalue weighted by atomic mass is 19.4. The molecule has 0 spiro atoms. The molecule has 0 saturated heterocycles. The number of halogens is 4. The van der Waals surface area contributed by atoms with Gasteiger partial charge in [0, 0.05) is 12.1 Å². The van der Waals surface area contributed by atoms with Crippen LogP contribution < -0.4 is 5.32 Å². The van der Waals surface area contributed by atoms with Gasteiger partial charge >= 0.3 is 6.18 Å². The van der Waals surface area contributed by atoms with Gasteiger partial charge in [-0.05, 0) is 42.3 Å². The molecule has 0 aliphatic carbocycles. The highest BCUT2D eigenvalue weighted by molar-refractivity contribution is 5.95. The number of rotatable bonds is 4. The number of alkyl halides is 3. The third-order valence-electron chi connectivity index (χ3n) is 3.50. The molecule has 0 aliphatic heterocycles. The molecule has 2 N–H and O–H groups in total. The quantitative estimate of drug-likeness (QED) is 0.835. The molecule has 0 radical (unpaired) electrons. The normalized spacial score (nSPS) is 12.8. The number of hydrogen-bond acceptors (Lipinski definition) is 2. The minimum absolute atomic E-state index is 0.0288. The molecule has 7 heteroatoms. The Balaban J connectivity index is 2.06. The summed E-state index contributed by atoms with van der Waals surface area (Å²) in [5, 5.41) is 12.4. The topological polar surface area (TPSA) is 49.3 Å². The first-order valence-electron chi connectivity index (χ1n) is 7.08. The van der Waals surface area contributed by atoms with Crippen LogP contribution in [-0.2, 0) is 6.18 Å². The zero-order valence-electron chi connectivity index (χ0n) is 12.7. The summed E-state index contributed by atoms with van der Waals surface area (Å²) >= 11 is 0. The van der Waals surface area contributed by atoms with E-state index < -0.39 is 29.6 Å². The van der Waals surface area contributed by atoms with Crippen molar-refractivity contribution in [2.24, 2.45) is 0 Å². The molecular weight excluding hydrogens is 326 g/mol. The number of aliphatic hydroxyl groups excluding tert-OH is 1. The molecule has 1 amide bonds. The fourth-order valence-corrected chi connectivity index (χ4v) is 2.16. The lowest BCUT2D eigenvalue weighted by Crippen LogP contribution is -2.29. The van der Waals surface area contributed by atoms with Gasteiger partial charge in [0.1, 0.15) is 5.82 Å². The second kappa shape index (κ2) is 7.00. The molecular formula is C17H15F4NO2. The van der Waals surface area contributed by atoms with Gasteiger partial charge in [-0.2, -0.15) is 13.2 Å². The molecule has 2 aromatic carbocycles. The third-order valence-corrected chi connectivity index (χ3v) is 3.50. The fourth-order valence-electron chi connectivity index (χ4n) is 2.16. The zero-order chi connectivity index (χ0) is 17.9. The fraction of sp³-hybridized carbons (Fsp3) is 0.235. The van der Waals surface area contributed by atoms with Crippen LogP contribution in [0.1, 0.15) is 33.2 Å². The van der Waals surface area contributed by atoms with E-state index in [1.807, 2.05) is 0 Å². The van der Waals surface area contributed by atoms with Crippen molar-refractivity contribution >= 4 is 5.91 Å². The molecule has 2 aromatic rings. The van der Waals surface area contributed by atoms with Crippen LogP contribution in [0.2, 0.25) is 0 Å². The second-order valence-electron chi connectivity index (χ2n) is 5.31. The van der Waals surface area contributed by atoms with Gasteiger partial charge in [0.2, 0.25) is 0 Å². The summed E-state index contributed by atoms with van der Waals surface area (Å²) < 4.78 is 51.2. The number of amides is 1. The van der Waals surface area contributed by atoms with Crippen molar-refractivity contribution in [1.29, 1.82) is 0 Å². The molecule has 24 heavy (non-hydrogen) atoms. The summed E-state index contributed by atoms with van der Waals surface area (Å²) in [5.41, 5.74) is -0.207.